The molecule has 134 valence electrons. The van der Waals surface area contributed by atoms with Crippen LogP contribution in [0.25, 0.3) is 0 Å². The van der Waals surface area contributed by atoms with Gasteiger partial charge in [-0.15, -0.1) is 0 Å². The number of anilines is 2. The largest absolute Gasteiger partial charge is 0.481 e. The Labute approximate surface area is 141 Å². The molecule has 0 atom stereocenters. The van der Waals surface area contributed by atoms with Crippen molar-refractivity contribution in [2.75, 3.05) is 43.1 Å². The second-order valence-electron chi connectivity index (χ2n) is 7.13. The number of aliphatic hydroxyl groups excluding tert-OH is 1. The molecular weight excluding hydrogens is 312 g/mol. The standard InChI is InChI=1S/C16H26N4O4/c1-15(2,10-21)19-14-17-9-11(16(3,4)13(22)23)12(18-14)20-5-7-24-8-6-20/h9,21H,5-8,10H2,1-4H3,(H,22,23)(H,17,18,19). The van der Waals surface area contributed by atoms with Crippen LogP contribution in [0.2, 0.25) is 0 Å². The van der Waals surface area contributed by atoms with E-state index in [9.17, 15) is 15.0 Å². The molecule has 0 aromatic carbocycles. The van der Waals surface area contributed by atoms with Crippen molar-refractivity contribution >= 4 is 17.7 Å². The molecule has 1 aromatic heterocycles. The van der Waals surface area contributed by atoms with Crippen LogP contribution in [-0.4, -0.2) is 64.6 Å². The Balaban J connectivity index is 2.45. The maximum absolute atomic E-state index is 11.7. The average molecular weight is 338 g/mol. The van der Waals surface area contributed by atoms with Crippen LogP contribution in [-0.2, 0) is 14.9 Å². The van der Waals surface area contributed by atoms with Crippen molar-refractivity contribution in [2.24, 2.45) is 0 Å². The summed E-state index contributed by atoms with van der Waals surface area (Å²) >= 11 is 0. The molecule has 0 saturated carbocycles. The lowest BCUT2D eigenvalue weighted by Crippen LogP contribution is -2.41. The van der Waals surface area contributed by atoms with Crippen LogP contribution >= 0.6 is 0 Å². The maximum atomic E-state index is 11.7. The minimum absolute atomic E-state index is 0.0778. The Hall–Kier alpha value is -1.93. The Kier molecular flexibility index (Phi) is 5.29. The molecule has 1 aliphatic heterocycles. The number of aliphatic hydroxyl groups is 1. The Morgan fingerprint density at radius 2 is 1.96 bits per heavy atom. The van der Waals surface area contributed by atoms with E-state index in [1.54, 1.807) is 20.0 Å². The highest BCUT2D eigenvalue weighted by molar-refractivity contribution is 5.82. The van der Waals surface area contributed by atoms with Crippen molar-refractivity contribution < 1.29 is 19.7 Å². The summed E-state index contributed by atoms with van der Waals surface area (Å²) in [7, 11) is 0. The van der Waals surface area contributed by atoms with Gasteiger partial charge in [-0.05, 0) is 27.7 Å². The summed E-state index contributed by atoms with van der Waals surface area (Å²) in [4.78, 5) is 22.5. The van der Waals surface area contributed by atoms with E-state index in [-0.39, 0.29) is 6.61 Å². The highest BCUT2D eigenvalue weighted by atomic mass is 16.5. The molecule has 24 heavy (non-hydrogen) atoms. The summed E-state index contributed by atoms with van der Waals surface area (Å²) in [5, 5.41) is 22.0. The summed E-state index contributed by atoms with van der Waals surface area (Å²) in [6.45, 7) is 9.30. The van der Waals surface area contributed by atoms with E-state index in [0.717, 1.165) is 0 Å². The Morgan fingerprint density at radius 1 is 1.33 bits per heavy atom. The molecule has 0 unspecified atom stereocenters. The zero-order chi connectivity index (χ0) is 18.0. The van der Waals surface area contributed by atoms with E-state index in [0.29, 0.717) is 43.6 Å². The Morgan fingerprint density at radius 3 is 2.50 bits per heavy atom. The van der Waals surface area contributed by atoms with Gasteiger partial charge in [0.05, 0.1) is 30.8 Å². The molecule has 0 aliphatic carbocycles. The van der Waals surface area contributed by atoms with Crippen LogP contribution in [0.15, 0.2) is 6.20 Å². The lowest BCUT2D eigenvalue weighted by molar-refractivity contribution is -0.142. The fourth-order valence-corrected chi connectivity index (χ4v) is 2.35. The molecule has 0 radical (unpaired) electrons. The first kappa shape index (κ1) is 18.4. The first-order valence-corrected chi connectivity index (χ1v) is 8.00. The van der Waals surface area contributed by atoms with Crippen molar-refractivity contribution in [3.05, 3.63) is 11.8 Å². The van der Waals surface area contributed by atoms with Gasteiger partial charge in [-0.3, -0.25) is 4.79 Å². The first-order valence-electron chi connectivity index (χ1n) is 8.00. The van der Waals surface area contributed by atoms with Crippen molar-refractivity contribution in [3.8, 4) is 0 Å². The topological polar surface area (TPSA) is 108 Å². The summed E-state index contributed by atoms with van der Waals surface area (Å²) in [5.41, 5.74) is -1.13. The molecule has 1 aliphatic rings. The van der Waals surface area contributed by atoms with Gasteiger partial charge in [-0.2, -0.15) is 4.98 Å². The molecule has 2 rings (SSSR count). The number of carboxylic acids is 1. The van der Waals surface area contributed by atoms with Gasteiger partial charge in [0.25, 0.3) is 0 Å². The zero-order valence-corrected chi connectivity index (χ0v) is 14.7. The number of morpholine rings is 1. The van der Waals surface area contributed by atoms with Crippen LogP contribution in [0.4, 0.5) is 11.8 Å². The van der Waals surface area contributed by atoms with Crippen LogP contribution in [0.3, 0.4) is 0 Å². The highest BCUT2D eigenvalue weighted by Crippen LogP contribution is 2.32. The molecular formula is C16H26N4O4. The quantitative estimate of drug-likeness (QED) is 0.701. The smallest absolute Gasteiger partial charge is 0.313 e. The predicted molar refractivity (Wildman–Crippen MR) is 90.5 cm³/mol. The van der Waals surface area contributed by atoms with E-state index in [1.165, 1.54) is 0 Å². The van der Waals surface area contributed by atoms with Gasteiger partial charge >= 0.3 is 5.97 Å². The molecule has 0 spiro atoms. The summed E-state index contributed by atoms with van der Waals surface area (Å²) in [5.74, 6) is 0.0226. The van der Waals surface area contributed by atoms with Crippen LogP contribution in [0.5, 0.6) is 0 Å². The number of nitrogens with zero attached hydrogens (tertiary/aromatic N) is 3. The third-order valence-corrected chi connectivity index (χ3v) is 4.13. The predicted octanol–water partition coefficient (Wildman–Crippen LogP) is 0.858. The van der Waals surface area contributed by atoms with Gasteiger partial charge in [-0.1, -0.05) is 0 Å². The van der Waals surface area contributed by atoms with Crippen LogP contribution in [0.1, 0.15) is 33.3 Å². The van der Waals surface area contributed by atoms with Crippen molar-refractivity contribution in [3.63, 3.8) is 0 Å². The molecule has 8 heteroatoms. The van der Waals surface area contributed by atoms with Crippen molar-refractivity contribution in [1.82, 2.24) is 9.97 Å². The number of carbonyl (C=O) groups is 1. The molecule has 0 bridgehead atoms. The first-order chi connectivity index (χ1) is 11.2. The number of rotatable bonds is 6. The molecule has 1 aromatic rings. The zero-order valence-electron chi connectivity index (χ0n) is 14.7. The van der Waals surface area contributed by atoms with Crippen molar-refractivity contribution in [2.45, 2.75) is 38.6 Å². The summed E-state index contributed by atoms with van der Waals surface area (Å²) in [6, 6.07) is 0. The third-order valence-electron chi connectivity index (χ3n) is 4.13. The van der Waals surface area contributed by atoms with Gasteiger partial charge in [0, 0.05) is 24.8 Å². The van der Waals surface area contributed by atoms with E-state index in [4.69, 9.17) is 4.74 Å². The van der Waals surface area contributed by atoms with Gasteiger partial charge in [0.1, 0.15) is 5.82 Å². The fraction of sp³-hybridized carbons (Fsp3) is 0.688. The molecule has 0 amide bonds. The summed E-state index contributed by atoms with van der Waals surface area (Å²) < 4.78 is 5.37. The summed E-state index contributed by atoms with van der Waals surface area (Å²) in [6.07, 6.45) is 1.56. The van der Waals surface area contributed by atoms with Gasteiger partial charge in [0.2, 0.25) is 5.95 Å². The molecule has 3 N–H and O–H groups in total. The highest BCUT2D eigenvalue weighted by Gasteiger charge is 2.35. The third kappa shape index (κ3) is 3.93. The van der Waals surface area contributed by atoms with Gasteiger partial charge in [-0.25, -0.2) is 4.98 Å². The SMILES string of the molecule is CC(C)(CO)Nc1ncc(C(C)(C)C(=O)O)c(N2CCOCC2)n1. The number of nitrogens with one attached hydrogen (secondary N) is 1. The van der Waals surface area contributed by atoms with E-state index in [2.05, 4.69) is 15.3 Å². The van der Waals surface area contributed by atoms with E-state index < -0.39 is 16.9 Å². The second-order valence-corrected chi connectivity index (χ2v) is 7.13. The number of aromatic nitrogens is 2. The molecule has 2 heterocycles. The Bertz CT molecular complexity index is 598. The number of ether oxygens (including phenoxy) is 1. The minimum atomic E-state index is -1.11. The minimum Gasteiger partial charge on any atom is -0.481 e. The normalized spacial score (nSPS) is 16.1. The van der Waals surface area contributed by atoms with Gasteiger partial charge < -0.3 is 25.2 Å². The molecule has 8 nitrogen and oxygen atoms in total. The van der Waals surface area contributed by atoms with E-state index in [1.807, 2.05) is 18.7 Å². The fourth-order valence-electron chi connectivity index (χ4n) is 2.35. The lowest BCUT2D eigenvalue weighted by Gasteiger charge is -2.33. The van der Waals surface area contributed by atoms with Crippen LogP contribution in [0, 0.1) is 0 Å². The lowest BCUT2D eigenvalue weighted by atomic mass is 9.85. The molecule has 1 fully saturated rings. The van der Waals surface area contributed by atoms with E-state index >= 15 is 0 Å². The van der Waals surface area contributed by atoms with Gasteiger partial charge in [0.15, 0.2) is 0 Å². The number of carboxylic acid groups (broad SMARTS) is 1. The maximum Gasteiger partial charge on any atom is 0.313 e. The number of hydrogen-bond acceptors (Lipinski definition) is 7. The average Bonchev–Trinajstić information content (AvgIpc) is 2.55. The number of aliphatic carboxylic acids is 1. The second kappa shape index (κ2) is 6.90. The van der Waals surface area contributed by atoms with Crippen molar-refractivity contribution in [1.29, 1.82) is 0 Å². The molecule has 1 saturated heterocycles. The number of hydrogen-bond donors (Lipinski definition) is 3. The van der Waals surface area contributed by atoms with Crippen LogP contribution < -0.4 is 10.2 Å². The monoisotopic (exact) mass is 338 g/mol.